The van der Waals surface area contributed by atoms with Crippen LogP contribution in [0, 0.1) is 5.41 Å². The molecule has 0 spiro atoms. The van der Waals surface area contributed by atoms with E-state index in [9.17, 15) is 4.79 Å². The van der Waals surface area contributed by atoms with Crippen LogP contribution in [0.4, 0.5) is 0 Å². The van der Waals surface area contributed by atoms with E-state index in [4.69, 9.17) is 0 Å². The van der Waals surface area contributed by atoms with Gasteiger partial charge in [0, 0.05) is 12.6 Å². The molecule has 14 heavy (non-hydrogen) atoms. The Morgan fingerprint density at radius 1 is 1.43 bits per heavy atom. The molecule has 0 unspecified atom stereocenters. The van der Waals surface area contributed by atoms with Gasteiger partial charge in [0.15, 0.2) is 0 Å². The molecule has 2 fully saturated rings. The Labute approximate surface area is 85.6 Å². The predicted octanol–water partition coefficient (Wildman–Crippen LogP) is 1.04. The van der Waals surface area contributed by atoms with Crippen molar-refractivity contribution in [1.82, 2.24) is 10.6 Å². The highest BCUT2D eigenvalue weighted by Gasteiger charge is 2.40. The first-order valence-corrected chi connectivity index (χ1v) is 5.74. The van der Waals surface area contributed by atoms with Crippen LogP contribution < -0.4 is 10.6 Å². The highest BCUT2D eigenvalue weighted by molar-refractivity contribution is 5.78. The normalized spacial score (nSPS) is 23.2. The van der Waals surface area contributed by atoms with Gasteiger partial charge in [-0.05, 0) is 37.5 Å². The van der Waals surface area contributed by atoms with E-state index in [1.165, 1.54) is 32.1 Å². The molecular weight excluding hydrogens is 176 g/mol. The second-order valence-corrected chi connectivity index (χ2v) is 4.79. The van der Waals surface area contributed by atoms with E-state index in [-0.39, 0.29) is 5.91 Å². The van der Waals surface area contributed by atoms with Crippen molar-refractivity contribution in [3.63, 3.8) is 0 Å². The van der Waals surface area contributed by atoms with Gasteiger partial charge in [0.05, 0.1) is 6.54 Å². The summed E-state index contributed by atoms with van der Waals surface area (Å²) in [5, 5.41) is 6.24. The lowest BCUT2D eigenvalue weighted by Crippen LogP contribution is -2.37. The molecule has 2 saturated carbocycles. The minimum absolute atomic E-state index is 0.164. The van der Waals surface area contributed by atoms with Crippen molar-refractivity contribution in [3.05, 3.63) is 0 Å². The van der Waals surface area contributed by atoms with Crippen molar-refractivity contribution in [1.29, 1.82) is 0 Å². The van der Waals surface area contributed by atoms with Gasteiger partial charge in [-0.2, -0.15) is 0 Å². The molecule has 0 atom stereocenters. The van der Waals surface area contributed by atoms with Gasteiger partial charge in [0.2, 0.25) is 5.91 Å². The molecule has 0 aromatic rings. The number of nitrogens with one attached hydrogen (secondary N) is 2. The van der Waals surface area contributed by atoms with Gasteiger partial charge >= 0.3 is 0 Å². The fourth-order valence-electron chi connectivity index (χ4n) is 1.71. The first kappa shape index (κ1) is 9.97. The maximum absolute atomic E-state index is 11.4. The number of carbonyl (C=O) groups excluding carboxylic acids is 1. The SMILES string of the molecule is CCC1(CNC(=O)CNC2CC2)CC1. The summed E-state index contributed by atoms with van der Waals surface area (Å²) in [5.74, 6) is 0.164. The summed E-state index contributed by atoms with van der Waals surface area (Å²) in [4.78, 5) is 11.4. The minimum atomic E-state index is 0.164. The lowest BCUT2D eigenvalue weighted by Gasteiger charge is -2.13. The third-order valence-electron chi connectivity index (χ3n) is 3.50. The van der Waals surface area contributed by atoms with E-state index >= 15 is 0 Å². The Morgan fingerprint density at radius 3 is 2.64 bits per heavy atom. The smallest absolute Gasteiger partial charge is 0.233 e. The second-order valence-electron chi connectivity index (χ2n) is 4.79. The van der Waals surface area contributed by atoms with E-state index in [2.05, 4.69) is 17.6 Å². The molecule has 2 N–H and O–H groups in total. The standard InChI is InChI=1S/C11H20N2O/c1-2-11(5-6-11)8-13-10(14)7-12-9-3-4-9/h9,12H,2-8H2,1H3,(H,13,14). The van der Waals surface area contributed by atoms with Gasteiger partial charge in [0.25, 0.3) is 0 Å². The average Bonchev–Trinajstić information content (AvgIpc) is 3.06. The summed E-state index contributed by atoms with van der Waals surface area (Å²) in [5.41, 5.74) is 0.468. The molecular formula is C11H20N2O. The van der Waals surface area contributed by atoms with Crippen molar-refractivity contribution < 1.29 is 4.79 Å². The van der Waals surface area contributed by atoms with Crippen LogP contribution in [0.15, 0.2) is 0 Å². The van der Waals surface area contributed by atoms with Crippen molar-refractivity contribution >= 4 is 5.91 Å². The number of hydrogen-bond donors (Lipinski definition) is 2. The molecule has 0 bridgehead atoms. The van der Waals surface area contributed by atoms with E-state index in [1.807, 2.05) is 0 Å². The van der Waals surface area contributed by atoms with Gasteiger partial charge in [-0.15, -0.1) is 0 Å². The Balaban J connectivity index is 1.57. The summed E-state index contributed by atoms with van der Waals surface area (Å²) in [7, 11) is 0. The van der Waals surface area contributed by atoms with Crippen molar-refractivity contribution in [2.45, 2.75) is 45.1 Å². The number of rotatable bonds is 6. The van der Waals surface area contributed by atoms with Gasteiger partial charge in [-0.25, -0.2) is 0 Å². The topological polar surface area (TPSA) is 41.1 Å². The van der Waals surface area contributed by atoms with Crippen molar-refractivity contribution in [2.24, 2.45) is 5.41 Å². The first-order chi connectivity index (χ1) is 6.74. The maximum Gasteiger partial charge on any atom is 0.233 e. The van der Waals surface area contributed by atoms with Crippen molar-refractivity contribution in [2.75, 3.05) is 13.1 Å². The van der Waals surface area contributed by atoms with Gasteiger partial charge < -0.3 is 10.6 Å². The van der Waals surface area contributed by atoms with Crippen molar-refractivity contribution in [3.8, 4) is 0 Å². The molecule has 1 amide bonds. The molecule has 0 aromatic carbocycles. The monoisotopic (exact) mass is 196 g/mol. The number of carbonyl (C=O) groups is 1. The lowest BCUT2D eigenvalue weighted by atomic mass is 10.0. The van der Waals surface area contributed by atoms with E-state index in [0.717, 1.165) is 6.54 Å². The summed E-state index contributed by atoms with van der Waals surface area (Å²) in [6, 6.07) is 0.627. The number of hydrogen-bond acceptors (Lipinski definition) is 2. The van der Waals surface area contributed by atoms with Crippen LogP contribution in [-0.2, 0) is 4.79 Å². The van der Waals surface area contributed by atoms with Gasteiger partial charge in [0.1, 0.15) is 0 Å². The molecule has 2 aliphatic rings. The molecule has 2 aliphatic carbocycles. The lowest BCUT2D eigenvalue weighted by molar-refractivity contribution is -0.120. The van der Waals surface area contributed by atoms with Crippen LogP contribution in [0.3, 0.4) is 0 Å². The molecule has 3 heteroatoms. The third kappa shape index (κ3) is 2.71. The van der Waals surface area contributed by atoms with Crippen LogP contribution in [0.5, 0.6) is 0 Å². The molecule has 0 aliphatic heterocycles. The summed E-state index contributed by atoms with van der Waals surface area (Å²) < 4.78 is 0. The van der Waals surface area contributed by atoms with Crippen LogP contribution >= 0.6 is 0 Å². The highest BCUT2D eigenvalue weighted by Crippen LogP contribution is 2.47. The predicted molar refractivity (Wildman–Crippen MR) is 56.0 cm³/mol. The molecule has 80 valence electrons. The fourth-order valence-corrected chi connectivity index (χ4v) is 1.71. The molecule has 3 nitrogen and oxygen atoms in total. The van der Waals surface area contributed by atoms with E-state index in [0.29, 0.717) is 18.0 Å². The largest absolute Gasteiger partial charge is 0.354 e. The highest BCUT2D eigenvalue weighted by atomic mass is 16.1. The van der Waals surface area contributed by atoms with Crippen LogP contribution in [0.25, 0.3) is 0 Å². The first-order valence-electron chi connectivity index (χ1n) is 5.74. The molecule has 0 heterocycles. The summed E-state index contributed by atoms with van der Waals surface area (Å²) in [6.45, 7) is 3.60. The summed E-state index contributed by atoms with van der Waals surface area (Å²) in [6.07, 6.45) is 6.27. The zero-order chi connectivity index (χ0) is 10.0. The van der Waals surface area contributed by atoms with Crippen LogP contribution in [0.1, 0.15) is 39.0 Å². The number of amides is 1. The van der Waals surface area contributed by atoms with Crippen LogP contribution in [-0.4, -0.2) is 25.0 Å². The van der Waals surface area contributed by atoms with Gasteiger partial charge in [-0.1, -0.05) is 6.92 Å². The Hall–Kier alpha value is -0.570. The quantitative estimate of drug-likeness (QED) is 0.666. The molecule has 0 saturated heterocycles. The van der Waals surface area contributed by atoms with Crippen LogP contribution in [0.2, 0.25) is 0 Å². The molecule has 0 radical (unpaired) electrons. The third-order valence-corrected chi connectivity index (χ3v) is 3.50. The molecule has 0 aromatic heterocycles. The molecule has 2 rings (SSSR count). The zero-order valence-corrected chi connectivity index (χ0v) is 8.94. The maximum atomic E-state index is 11.4. The fraction of sp³-hybridized carbons (Fsp3) is 0.909. The minimum Gasteiger partial charge on any atom is -0.354 e. The van der Waals surface area contributed by atoms with Gasteiger partial charge in [-0.3, -0.25) is 4.79 Å². The average molecular weight is 196 g/mol. The van der Waals surface area contributed by atoms with E-state index in [1.54, 1.807) is 0 Å². The summed E-state index contributed by atoms with van der Waals surface area (Å²) >= 11 is 0. The zero-order valence-electron chi connectivity index (χ0n) is 8.94. The second kappa shape index (κ2) is 3.89. The van der Waals surface area contributed by atoms with E-state index < -0.39 is 0 Å². The Kier molecular flexibility index (Phi) is 2.77. The Bertz CT molecular complexity index is 219. The Morgan fingerprint density at radius 2 is 2.14 bits per heavy atom.